The van der Waals surface area contributed by atoms with Crippen LogP contribution < -0.4 is 4.90 Å². The van der Waals surface area contributed by atoms with Crippen LogP contribution in [0.25, 0.3) is 11.1 Å². The summed E-state index contributed by atoms with van der Waals surface area (Å²) >= 11 is 1.52. The lowest BCUT2D eigenvalue weighted by Crippen LogP contribution is -2.60. The highest BCUT2D eigenvalue weighted by Gasteiger charge is 2.53. The van der Waals surface area contributed by atoms with Gasteiger partial charge in [-0.2, -0.15) is 0 Å². The topological polar surface area (TPSA) is 70.0 Å². The maximum absolute atomic E-state index is 13.4. The van der Waals surface area contributed by atoms with Gasteiger partial charge in [-0.05, 0) is 60.5 Å². The van der Waals surface area contributed by atoms with E-state index in [1.807, 2.05) is 98.8 Å². The Labute approximate surface area is 221 Å². The second-order valence-corrected chi connectivity index (χ2v) is 10.5. The van der Waals surface area contributed by atoms with Gasteiger partial charge in [0.1, 0.15) is 5.69 Å². The van der Waals surface area contributed by atoms with Crippen molar-refractivity contribution in [3.8, 4) is 11.1 Å². The predicted molar refractivity (Wildman–Crippen MR) is 150 cm³/mol. The number of carbonyl (C=O) groups excluding carboxylic acids is 1. The summed E-state index contributed by atoms with van der Waals surface area (Å²) in [4.78, 5) is 28.2. The van der Waals surface area contributed by atoms with Crippen LogP contribution in [0, 0.1) is 24.7 Å². The molecular formula is C31H28N2O3S. The zero-order valence-corrected chi connectivity index (χ0v) is 21.6. The molecule has 1 saturated heterocycles. The van der Waals surface area contributed by atoms with Crippen molar-refractivity contribution < 1.29 is 9.90 Å². The number of para-hydroxylation sites is 1. The van der Waals surface area contributed by atoms with Crippen LogP contribution in [0.4, 0.5) is 11.4 Å². The van der Waals surface area contributed by atoms with Crippen molar-refractivity contribution in [3.63, 3.8) is 0 Å². The van der Waals surface area contributed by atoms with E-state index < -0.39 is 18.1 Å². The summed E-state index contributed by atoms with van der Waals surface area (Å²) < 4.78 is 0. The SMILES string of the molecule is Cc1ccc(SCC(O)C2C(=O)N(c3ccccc3)C2c2ccc(-c3cccc(C)c3)cc2N=O)cc1. The molecule has 37 heavy (non-hydrogen) atoms. The molecule has 0 saturated carbocycles. The number of nitroso groups, excluding NO2 is 1. The van der Waals surface area contributed by atoms with Crippen LogP contribution in [0.5, 0.6) is 0 Å². The minimum Gasteiger partial charge on any atom is -0.391 e. The van der Waals surface area contributed by atoms with Gasteiger partial charge < -0.3 is 10.0 Å². The van der Waals surface area contributed by atoms with Crippen LogP contribution in [0.3, 0.4) is 0 Å². The Morgan fingerprint density at radius 3 is 2.30 bits per heavy atom. The third-order valence-electron chi connectivity index (χ3n) is 6.83. The molecule has 0 bridgehead atoms. The lowest BCUT2D eigenvalue weighted by Gasteiger charge is -2.49. The Hall–Kier alpha value is -3.74. The largest absolute Gasteiger partial charge is 0.391 e. The summed E-state index contributed by atoms with van der Waals surface area (Å²) in [5.41, 5.74) is 5.81. The molecule has 1 aliphatic rings. The lowest BCUT2D eigenvalue weighted by molar-refractivity contribution is -0.135. The molecule has 0 radical (unpaired) electrons. The average Bonchev–Trinajstić information content (AvgIpc) is 2.91. The fraction of sp³-hybridized carbons (Fsp3) is 0.194. The maximum Gasteiger partial charge on any atom is 0.235 e. The monoisotopic (exact) mass is 508 g/mol. The van der Waals surface area contributed by atoms with E-state index in [0.29, 0.717) is 11.3 Å². The van der Waals surface area contributed by atoms with Crippen LogP contribution >= 0.6 is 11.8 Å². The van der Waals surface area contributed by atoms with Gasteiger partial charge >= 0.3 is 0 Å². The van der Waals surface area contributed by atoms with Gasteiger partial charge in [0.15, 0.2) is 0 Å². The molecule has 5 rings (SSSR count). The number of aliphatic hydroxyl groups excluding tert-OH is 1. The van der Waals surface area contributed by atoms with Crippen LogP contribution in [0.1, 0.15) is 22.7 Å². The van der Waals surface area contributed by atoms with Gasteiger partial charge in [0, 0.05) is 21.9 Å². The smallest absolute Gasteiger partial charge is 0.235 e. The van der Waals surface area contributed by atoms with E-state index in [1.165, 1.54) is 17.3 Å². The molecule has 6 heteroatoms. The maximum atomic E-state index is 13.4. The van der Waals surface area contributed by atoms with Crippen molar-refractivity contribution in [2.75, 3.05) is 10.7 Å². The molecule has 186 valence electrons. The first-order chi connectivity index (χ1) is 18.0. The number of nitrogens with zero attached hydrogens (tertiary/aromatic N) is 2. The van der Waals surface area contributed by atoms with Crippen LogP contribution in [-0.4, -0.2) is 22.9 Å². The van der Waals surface area contributed by atoms with E-state index in [9.17, 15) is 14.8 Å². The van der Waals surface area contributed by atoms with Crippen LogP contribution in [0.15, 0.2) is 107 Å². The molecule has 1 N–H and O–H groups in total. The van der Waals surface area contributed by atoms with E-state index in [-0.39, 0.29) is 11.6 Å². The Bertz CT molecular complexity index is 1420. The third kappa shape index (κ3) is 5.08. The number of aryl methyl sites for hydroxylation is 2. The van der Waals surface area contributed by atoms with Gasteiger partial charge in [-0.3, -0.25) is 4.79 Å². The van der Waals surface area contributed by atoms with Crippen molar-refractivity contribution in [3.05, 3.63) is 119 Å². The molecule has 1 aliphatic heterocycles. The van der Waals surface area contributed by atoms with Gasteiger partial charge in [0.05, 0.1) is 18.1 Å². The van der Waals surface area contributed by atoms with E-state index in [4.69, 9.17) is 0 Å². The van der Waals surface area contributed by atoms with Gasteiger partial charge in [0.25, 0.3) is 0 Å². The second-order valence-electron chi connectivity index (χ2n) is 9.44. The minimum absolute atomic E-state index is 0.159. The molecule has 5 nitrogen and oxygen atoms in total. The Kier molecular flexibility index (Phi) is 7.22. The number of hydrogen-bond donors (Lipinski definition) is 1. The molecule has 0 aromatic heterocycles. The summed E-state index contributed by atoms with van der Waals surface area (Å²) in [6, 6.07) is 30.6. The first-order valence-corrected chi connectivity index (χ1v) is 13.2. The number of rotatable bonds is 8. The number of aliphatic hydroxyl groups is 1. The molecule has 4 aromatic rings. The van der Waals surface area contributed by atoms with Gasteiger partial charge in [0.2, 0.25) is 5.91 Å². The summed E-state index contributed by atoms with van der Waals surface area (Å²) in [5.74, 6) is -0.472. The Balaban J connectivity index is 1.48. The lowest BCUT2D eigenvalue weighted by atomic mass is 9.77. The predicted octanol–water partition coefficient (Wildman–Crippen LogP) is 7.23. The quantitative estimate of drug-likeness (QED) is 0.155. The minimum atomic E-state index is -0.889. The van der Waals surface area contributed by atoms with Crippen molar-refractivity contribution >= 4 is 29.0 Å². The zero-order chi connectivity index (χ0) is 25.9. The highest BCUT2D eigenvalue weighted by atomic mass is 32.2. The first kappa shape index (κ1) is 24.9. The molecule has 4 aromatic carbocycles. The van der Waals surface area contributed by atoms with Crippen LogP contribution in [0.2, 0.25) is 0 Å². The fourth-order valence-corrected chi connectivity index (χ4v) is 5.79. The average molecular weight is 509 g/mol. The van der Waals surface area contributed by atoms with Gasteiger partial charge in [-0.15, -0.1) is 16.7 Å². The van der Waals surface area contributed by atoms with Crippen molar-refractivity contribution in [1.29, 1.82) is 0 Å². The molecule has 0 aliphatic carbocycles. The van der Waals surface area contributed by atoms with Gasteiger partial charge in [-0.1, -0.05) is 77.9 Å². The number of β-lactam (4-membered cyclic amide) rings is 1. The number of thioether (sulfide) groups is 1. The molecule has 3 unspecified atom stereocenters. The molecule has 3 atom stereocenters. The van der Waals surface area contributed by atoms with E-state index >= 15 is 0 Å². The fourth-order valence-electron chi connectivity index (χ4n) is 4.89. The number of benzene rings is 4. The molecule has 1 heterocycles. The van der Waals surface area contributed by atoms with Crippen LogP contribution in [-0.2, 0) is 4.79 Å². The normalized spacial score (nSPS) is 17.8. The summed E-state index contributed by atoms with van der Waals surface area (Å²) in [7, 11) is 0. The third-order valence-corrected chi connectivity index (χ3v) is 7.94. The van der Waals surface area contributed by atoms with Crippen molar-refractivity contribution in [2.45, 2.75) is 30.9 Å². The number of hydrogen-bond acceptors (Lipinski definition) is 5. The summed E-state index contributed by atoms with van der Waals surface area (Å²) in [6.07, 6.45) is -0.889. The zero-order valence-electron chi connectivity index (χ0n) is 20.7. The molecule has 1 fully saturated rings. The molecule has 1 amide bonds. The van der Waals surface area contributed by atoms with Crippen molar-refractivity contribution in [1.82, 2.24) is 0 Å². The highest BCUT2D eigenvalue weighted by molar-refractivity contribution is 7.99. The Morgan fingerprint density at radius 1 is 0.865 bits per heavy atom. The van der Waals surface area contributed by atoms with E-state index in [0.717, 1.165) is 27.3 Å². The summed E-state index contributed by atoms with van der Waals surface area (Å²) in [6.45, 7) is 4.05. The Morgan fingerprint density at radius 2 is 1.59 bits per heavy atom. The van der Waals surface area contributed by atoms with Crippen molar-refractivity contribution in [2.24, 2.45) is 11.1 Å². The van der Waals surface area contributed by atoms with E-state index in [2.05, 4.69) is 11.2 Å². The van der Waals surface area contributed by atoms with E-state index in [1.54, 1.807) is 11.0 Å². The van der Waals surface area contributed by atoms with Gasteiger partial charge in [-0.25, -0.2) is 0 Å². The number of amides is 1. The molecular weight excluding hydrogens is 480 g/mol. The second kappa shape index (κ2) is 10.7. The summed E-state index contributed by atoms with van der Waals surface area (Å²) in [5, 5.41) is 14.6. The number of anilines is 1. The molecule has 0 spiro atoms. The first-order valence-electron chi connectivity index (χ1n) is 12.3. The highest BCUT2D eigenvalue weighted by Crippen LogP contribution is 2.49. The standard InChI is InChI=1S/C31H28N2O3S/c1-20-11-14-25(15-12-20)37-19-28(34)29-30(33(31(29)35)24-9-4-3-5-10-24)26-16-13-23(18-27(26)32-36)22-8-6-7-21(2)17-22/h3-18,28-30,34H,19H2,1-2H3. The number of carbonyl (C=O) groups is 1.